The molecule has 1 heterocycles. The van der Waals surface area contributed by atoms with Crippen LogP contribution >= 0.6 is 11.6 Å². The van der Waals surface area contributed by atoms with Crippen LogP contribution in [0.3, 0.4) is 0 Å². The maximum Gasteiger partial charge on any atom is 0.254 e. The summed E-state index contributed by atoms with van der Waals surface area (Å²) < 4.78 is 25.2. The minimum absolute atomic E-state index is 0.0866. The van der Waals surface area contributed by atoms with Gasteiger partial charge >= 0.3 is 0 Å². The van der Waals surface area contributed by atoms with Crippen molar-refractivity contribution in [3.63, 3.8) is 0 Å². The average Bonchev–Trinajstić information content (AvgIpc) is 2.93. The van der Waals surface area contributed by atoms with Crippen molar-refractivity contribution in [2.24, 2.45) is 0 Å². The highest BCUT2D eigenvalue weighted by Crippen LogP contribution is 2.35. The number of hydrogen-bond acceptors (Lipinski definition) is 3. The van der Waals surface area contributed by atoms with Gasteiger partial charge in [0.1, 0.15) is 23.4 Å². The summed E-state index contributed by atoms with van der Waals surface area (Å²) in [6.07, 6.45) is 0.949. The van der Waals surface area contributed by atoms with Crippen LogP contribution in [0.1, 0.15) is 35.3 Å². The van der Waals surface area contributed by atoms with Gasteiger partial charge in [0.15, 0.2) is 0 Å². The van der Waals surface area contributed by atoms with Crippen LogP contribution in [0.2, 0.25) is 5.02 Å². The monoisotopic (exact) mass is 363 g/mol. The highest BCUT2D eigenvalue weighted by atomic mass is 35.5. The van der Waals surface area contributed by atoms with Crippen molar-refractivity contribution < 1.29 is 18.7 Å². The van der Waals surface area contributed by atoms with Crippen LogP contribution in [0.25, 0.3) is 0 Å². The van der Waals surface area contributed by atoms with E-state index in [1.54, 1.807) is 0 Å². The van der Waals surface area contributed by atoms with Gasteiger partial charge in [-0.25, -0.2) is 4.39 Å². The minimum atomic E-state index is -0.613. The van der Waals surface area contributed by atoms with E-state index in [4.69, 9.17) is 21.1 Å². The van der Waals surface area contributed by atoms with E-state index < -0.39 is 11.7 Å². The number of halogens is 2. The lowest BCUT2D eigenvalue weighted by molar-refractivity contribution is 0.0946. The number of fused-ring (bicyclic) bond motifs is 1. The molecule has 0 saturated heterocycles. The third-order valence-corrected chi connectivity index (χ3v) is 4.23. The van der Waals surface area contributed by atoms with Crippen LogP contribution in [0, 0.1) is 5.82 Å². The summed E-state index contributed by atoms with van der Waals surface area (Å²) in [5, 5.41) is 3.02. The van der Waals surface area contributed by atoms with Crippen molar-refractivity contribution in [1.82, 2.24) is 5.32 Å². The Bertz CT molecular complexity index is 809. The number of rotatable bonds is 5. The van der Waals surface area contributed by atoms with E-state index >= 15 is 0 Å². The summed E-state index contributed by atoms with van der Waals surface area (Å²) in [6, 6.07) is 7.71. The van der Waals surface area contributed by atoms with Gasteiger partial charge in [0.2, 0.25) is 0 Å². The molecule has 1 aliphatic rings. The first-order valence-electron chi connectivity index (χ1n) is 8.16. The summed E-state index contributed by atoms with van der Waals surface area (Å²) in [5.74, 6) is 0.357. The molecule has 3 rings (SSSR count). The molecule has 0 fully saturated rings. The van der Waals surface area contributed by atoms with Crippen molar-refractivity contribution in [2.75, 3.05) is 6.61 Å². The minimum Gasteiger partial charge on any atom is -0.494 e. The van der Waals surface area contributed by atoms with Gasteiger partial charge in [0.25, 0.3) is 5.91 Å². The third kappa shape index (κ3) is 3.87. The zero-order valence-electron chi connectivity index (χ0n) is 14.1. The molecular weight excluding hydrogens is 345 g/mol. The molecule has 1 unspecified atom stereocenters. The van der Waals surface area contributed by atoms with E-state index in [-0.39, 0.29) is 18.2 Å². The number of hydrogen-bond donors (Lipinski definition) is 1. The molecule has 0 radical (unpaired) electrons. The van der Waals surface area contributed by atoms with Gasteiger partial charge in [0.05, 0.1) is 12.2 Å². The molecule has 2 aromatic carbocycles. The Morgan fingerprint density at radius 2 is 2.20 bits per heavy atom. The molecule has 0 saturated carbocycles. The van der Waals surface area contributed by atoms with E-state index in [2.05, 4.69) is 5.32 Å². The van der Waals surface area contributed by atoms with Crippen molar-refractivity contribution in [3.8, 4) is 11.5 Å². The number of carbonyl (C=O) groups excluding carboxylic acids is 1. The predicted molar refractivity (Wildman–Crippen MR) is 94.0 cm³/mol. The van der Waals surface area contributed by atoms with E-state index in [1.165, 1.54) is 18.2 Å². The van der Waals surface area contributed by atoms with Crippen molar-refractivity contribution in [3.05, 3.63) is 57.9 Å². The Balaban J connectivity index is 1.79. The first kappa shape index (κ1) is 17.5. The molecule has 0 spiro atoms. The zero-order chi connectivity index (χ0) is 18.0. The van der Waals surface area contributed by atoms with Crippen LogP contribution < -0.4 is 14.8 Å². The average molecular weight is 364 g/mol. The number of carbonyl (C=O) groups is 1. The zero-order valence-corrected chi connectivity index (χ0v) is 14.8. The summed E-state index contributed by atoms with van der Waals surface area (Å²) in [7, 11) is 0. The Morgan fingerprint density at radius 3 is 2.96 bits per heavy atom. The van der Waals surface area contributed by atoms with Crippen molar-refractivity contribution in [1.29, 1.82) is 0 Å². The van der Waals surface area contributed by atoms with Gasteiger partial charge in [-0.1, -0.05) is 11.6 Å². The van der Waals surface area contributed by atoms with Gasteiger partial charge in [0, 0.05) is 29.1 Å². The Labute approximate surface area is 150 Å². The second kappa shape index (κ2) is 7.31. The van der Waals surface area contributed by atoms with Crippen LogP contribution in [0.15, 0.2) is 30.3 Å². The molecule has 1 aliphatic heterocycles. The maximum absolute atomic E-state index is 13.8. The largest absolute Gasteiger partial charge is 0.494 e. The normalized spacial score (nSPS) is 15.4. The Hall–Kier alpha value is -2.27. The van der Waals surface area contributed by atoms with Crippen molar-refractivity contribution in [2.45, 2.75) is 32.9 Å². The second-order valence-electron chi connectivity index (χ2n) is 5.94. The third-order valence-electron chi connectivity index (χ3n) is 3.99. The molecule has 1 N–H and O–H groups in total. The standard InChI is InChI=1S/C19H19ClFNO3/c1-3-24-17-7-12-6-11(2)25-18(12)8-13(17)10-22-19(23)15-9-14(20)4-5-16(15)21/h4-5,7-9,11H,3,6,10H2,1-2H3,(H,22,23). The second-order valence-corrected chi connectivity index (χ2v) is 6.38. The van der Waals surface area contributed by atoms with Crippen LogP contribution in [0.4, 0.5) is 4.39 Å². The number of benzene rings is 2. The van der Waals surface area contributed by atoms with Gasteiger partial charge in [-0.2, -0.15) is 0 Å². The molecule has 1 amide bonds. The lowest BCUT2D eigenvalue weighted by Crippen LogP contribution is -2.24. The highest BCUT2D eigenvalue weighted by molar-refractivity contribution is 6.31. The highest BCUT2D eigenvalue weighted by Gasteiger charge is 2.22. The summed E-state index contributed by atoms with van der Waals surface area (Å²) >= 11 is 5.84. The van der Waals surface area contributed by atoms with Crippen LogP contribution in [0.5, 0.6) is 11.5 Å². The lowest BCUT2D eigenvalue weighted by atomic mass is 10.1. The molecule has 0 aromatic heterocycles. The lowest BCUT2D eigenvalue weighted by Gasteiger charge is -2.13. The summed E-state index contributed by atoms with van der Waals surface area (Å²) in [6.45, 7) is 4.62. The molecule has 0 bridgehead atoms. The summed E-state index contributed by atoms with van der Waals surface area (Å²) in [4.78, 5) is 12.3. The molecule has 25 heavy (non-hydrogen) atoms. The van der Waals surface area contributed by atoms with Crippen LogP contribution in [-0.2, 0) is 13.0 Å². The molecule has 1 atom stereocenters. The topological polar surface area (TPSA) is 47.6 Å². The Kier molecular flexibility index (Phi) is 5.13. The van der Waals surface area contributed by atoms with Gasteiger partial charge in [-0.3, -0.25) is 4.79 Å². The fourth-order valence-electron chi connectivity index (χ4n) is 2.85. The van der Waals surface area contributed by atoms with Gasteiger partial charge in [-0.05, 0) is 44.2 Å². The molecular formula is C19H19ClFNO3. The number of ether oxygens (including phenoxy) is 2. The first-order chi connectivity index (χ1) is 12.0. The molecule has 132 valence electrons. The summed E-state index contributed by atoms with van der Waals surface area (Å²) in [5.41, 5.74) is 1.79. The molecule has 6 heteroatoms. The van der Waals surface area contributed by atoms with Gasteiger partial charge in [-0.15, -0.1) is 0 Å². The van der Waals surface area contributed by atoms with E-state index in [1.807, 2.05) is 26.0 Å². The molecule has 4 nitrogen and oxygen atoms in total. The van der Waals surface area contributed by atoms with Gasteiger partial charge < -0.3 is 14.8 Å². The molecule has 2 aromatic rings. The van der Waals surface area contributed by atoms with E-state index in [9.17, 15) is 9.18 Å². The van der Waals surface area contributed by atoms with E-state index in [0.29, 0.717) is 17.4 Å². The van der Waals surface area contributed by atoms with E-state index in [0.717, 1.165) is 23.3 Å². The smallest absolute Gasteiger partial charge is 0.254 e. The Morgan fingerprint density at radius 1 is 1.40 bits per heavy atom. The molecule has 0 aliphatic carbocycles. The SMILES string of the molecule is CCOc1cc2c(cc1CNC(=O)c1cc(Cl)ccc1F)OC(C)C2. The number of nitrogens with one attached hydrogen (secondary N) is 1. The fourth-order valence-corrected chi connectivity index (χ4v) is 3.02. The predicted octanol–water partition coefficient (Wildman–Crippen LogP) is 4.13. The fraction of sp³-hybridized carbons (Fsp3) is 0.316. The van der Waals surface area contributed by atoms with Crippen LogP contribution in [-0.4, -0.2) is 18.6 Å². The van der Waals surface area contributed by atoms with Crippen molar-refractivity contribution >= 4 is 17.5 Å². The quantitative estimate of drug-likeness (QED) is 0.868. The number of amides is 1. The first-order valence-corrected chi connectivity index (χ1v) is 8.54. The maximum atomic E-state index is 13.8.